The molecular formula is C14H20O2Si. The van der Waals surface area contributed by atoms with Gasteiger partial charge in [0.15, 0.2) is 15.1 Å². The summed E-state index contributed by atoms with van der Waals surface area (Å²) in [5, 5.41) is 0. The third-order valence-corrected chi connectivity index (χ3v) is 3.70. The summed E-state index contributed by atoms with van der Waals surface area (Å²) in [6, 6.07) is 0. The molecule has 0 radical (unpaired) electrons. The lowest BCUT2D eigenvalue weighted by molar-refractivity contribution is 0.0610. The highest BCUT2D eigenvalue weighted by molar-refractivity contribution is 6.69. The van der Waals surface area contributed by atoms with E-state index in [0.717, 1.165) is 18.6 Å². The van der Waals surface area contributed by atoms with Gasteiger partial charge in [-0.1, -0.05) is 24.3 Å². The zero-order chi connectivity index (χ0) is 12.3. The van der Waals surface area contributed by atoms with Crippen LogP contribution in [-0.2, 0) is 9.16 Å². The first kappa shape index (κ1) is 12.4. The first-order valence-corrected chi connectivity index (χ1v) is 9.50. The summed E-state index contributed by atoms with van der Waals surface area (Å²) in [6.07, 6.45) is 12.8. The summed E-state index contributed by atoms with van der Waals surface area (Å²) >= 11 is 0. The molecule has 17 heavy (non-hydrogen) atoms. The van der Waals surface area contributed by atoms with Crippen molar-refractivity contribution in [2.45, 2.75) is 32.5 Å². The standard InChI is InChI=1S/C14H20O2Si/c1-17(2,3)16-11-15-14-10-6-9-13(14)12-7-4-5-8-12/h4,6-8,10H,5,9,11H2,1-3H3. The monoisotopic (exact) mass is 248 g/mol. The largest absolute Gasteiger partial charge is 0.468 e. The van der Waals surface area contributed by atoms with Crippen molar-refractivity contribution in [2.24, 2.45) is 0 Å². The Morgan fingerprint density at radius 1 is 1.18 bits per heavy atom. The van der Waals surface area contributed by atoms with E-state index in [4.69, 9.17) is 9.16 Å². The second-order valence-corrected chi connectivity index (χ2v) is 9.78. The minimum absolute atomic E-state index is 0.371. The normalized spacial score (nSPS) is 19.1. The van der Waals surface area contributed by atoms with Gasteiger partial charge in [0, 0.05) is 5.57 Å². The number of ether oxygens (including phenoxy) is 1. The molecule has 3 heteroatoms. The van der Waals surface area contributed by atoms with E-state index in [9.17, 15) is 0 Å². The molecule has 2 rings (SSSR count). The van der Waals surface area contributed by atoms with Crippen molar-refractivity contribution in [2.75, 3.05) is 6.79 Å². The third-order valence-electron chi connectivity index (χ3n) is 2.71. The lowest BCUT2D eigenvalue weighted by Gasteiger charge is -2.18. The van der Waals surface area contributed by atoms with Crippen molar-refractivity contribution in [3.05, 3.63) is 47.3 Å². The van der Waals surface area contributed by atoms with Crippen molar-refractivity contribution in [1.82, 2.24) is 0 Å². The SMILES string of the molecule is C[Si](C)(C)OCOC1=C(C2=CCC=C2)CC=C1. The van der Waals surface area contributed by atoms with Crippen LogP contribution in [0.25, 0.3) is 0 Å². The van der Waals surface area contributed by atoms with Gasteiger partial charge in [-0.2, -0.15) is 0 Å². The summed E-state index contributed by atoms with van der Waals surface area (Å²) in [4.78, 5) is 0. The van der Waals surface area contributed by atoms with E-state index in [1.54, 1.807) is 0 Å². The first-order chi connectivity index (χ1) is 8.06. The van der Waals surface area contributed by atoms with Gasteiger partial charge in [-0.3, -0.25) is 0 Å². The van der Waals surface area contributed by atoms with Gasteiger partial charge in [-0.15, -0.1) is 0 Å². The fourth-order valence-corrected chi connectivity index (χ4v) is 2.24. The van der Waals surface area contributed by atoms with E-state index in [1.807, 2.05) is 0 Å². The molecule has 0 saturated carbocycles. The van der Waals surface area contributed by atoms with Crippen LogP contribution in [0.1, 0.15) is 12.8 Å². The Morgan fingerprint density at radius 3 is 2.65 bits per heavy atom. The zero-order valence-corrected chi connectivity index (χ0v) is 11.8. The summed E-state index contributed by atoms with van der Waals surface area (Å²) in [7, 11) is -1.48. The van der Waals surface area contributed by atoms with E-state index in [1.165, 1.54) is 11.1 Å². The van der Waals surface area contributed by atoms with Gasteiger partial charge in [0.25, 0.3) is 0 Å². The van der Waals surface area contributed by atoms with E-state index < -0.39 is 8.32 Å². The van der Waals surface area contributed by atoms with Gasteiger partial charge < -0.3 is 9.16 Å². The molecule has 2 aliphatic rings. The number of hydrogen-bond acceptors (Lipinski definition) is 2. The lowest BCUT2D eigenvalue weighted by atomic mass is 10.1. The van der Waals surface area contributed by atoms with Crippen LogP contribution in [0.3, 0.4) is 0 Å². The summed E-state index contributed by atoms with van der Waals surface area (Å²) in [5.74, 6) is 0.973. The van der Waals surface area contributed by atoms with Crippen LogP contribution in [0, 0.1) is 0 Å². The highest BCUT2D eigenvalue weighted by Crippen LogP contribution is 2.30. The highest BCUT2D eigenvalue weighted by Gasteiger charge is 2.17. The quantitative estimate of drug-likeness (QED) is 0.542. The average molecular weight is 248 g/mol. The predicted molar refractivity (Wildman–Crippen MR) is 73.0 cm³/mol. The molecule has 0 spiro atoms. The highest BCUT2D eigenvalue weighted by atomic mass is 28.4. The minimum atomic E-state index is -1.48. The second kappa shape index (κ2) is 5.06. The predicted octanol–water partition coefficient (Wildman–Crippen LogP) is 3.91. The van der Waals surface area contributed by atoms with E-state index >= 15 is 0 Å². The van der Waals surface area contributed by atoms with E-state index in [2.05, 4.69) is 50.0 Å². The van der Waals surface area contributed by atoms with Crippen molar-refractivity contribution in [3.8, 4) is 0 Å². The van der Waals surface area contributed by atoms with Crippen molar-refractivity contribution < 1.29 is 9.16 Å². The number of rotatable bonds is 5. The molecule has 0 aromatic carbocycles. The molecule has 0 N–H and O–H groups in total. The van der Waals surface area contributed by atoms with Gasteiger partial charge in [-0.25, -0.2) is 0 Å². The molecule has 2 aliphatic carbocycles. The Balaban J connectivity index is 1.96. The van der Waals surface area contributed by atoms with Crippen LogP contribution in [0.5, 0.6) is 0 Å². The van der Waals surface area contributed by atoms with Crippen molar-refractivity contribution >= 4 is 8.32 Å². The Morgan fingerprint density at radius 2 is 2.00 bits per heavy atom. The molecule has 92 valence electrons. The molecule has 0 fully saturated rings. The lowest BCUT2D eigenvalue weighted by Crippen LogP contribution is -2.26. The topological polar surface area (TPSA) is 18.5 Å². The maximum Gasteiger partial charge on any atom is 0.188 e. The van der Waals surface area contributed by atoms with Crippen LogP contribution in [0.15, 0.2) is 47.3 Å². The van der Waals surface area contributed by atoms with Gasteiger partial charge in [0.2, 0.25) is 0 Å². The fraction of sp³-hybridized carbons (Fsp3) is 0.429. The van der Waals surface area contributed by atoms with Crippen molar-refractivity contribution in [1.29, 1.82) is 0 Å². The van der Waals surface area contributed by atoms with Crippen LogP contribution in [0.4, 0.5) is 0 Å². The Bertz CT molecular complexity index is 408. The van der Waals surface area contributed by atoms with Gasteiger partial charge in [-0.05, 0) is 44.1 Å². The van der Waals surface area contributed by atoms with Gasteiger partial charge in [0.05, 0.1) is 0 Å². The average Bonchev–Trinajstić information content (AvgIpc) is 2.82. The summed E-state index contributed by atoms with van der Waals surface area (Å²) < 4.78 is 11.4. The molecule has 0 bridgehead atoms. The first-order valence-electron chi connectivity index (χ1n) is 6.10. The molecule has 0 unspecified atom stereocenters. The van der Waals surface area contributed by atoms with Crippen LogP contribution in [0.2, 0.25) is 19.6 Å². The fourth-order valence-electron chi connectivity index (χ4n) is 1.83. The third kappa shape index (κ3) is 3.45. The van der Waals surface area contributed by atoms with Gasteiger partial charge in [0.1, 0.15) is 5.76 Å². The van der Waals surface area contributed by atoms with Crippen LogP contribution < -0.4 is 0 Å². The summed E-state index contributed by atoms with van der Waals surface area (Å²) in [6.45, 7) is 6.87. The molecule has 0 aromatic heterocycles. The minimum Gasteiger partial charge on any atom is -0.468 e. The Hall–Kier alpha value is -1.06. The molecule has 0 atom stereocenters. The van der Waals surface area contributed by atoms with Crippen LogP contribution >= 0.6 is 0 Å². The molecule has 0 heterocycles. The summed E-state index contributed by atoms with van der Waals surface area (Å²) in [5.41, 5.74) is 2.59. The molecule has 0 saturated heterocycles. The van der Waals surface area contributed by atoms with Crippen LogP contribution in [-0.4, -0.2) is 15.1 Å². The number of allylic oxidation sites excluding steroid dienone is 7. The maximum atomic E-state index is 5.73. The zero-order valence-electron chi connectivity index (χ0n) is 10.8. The van der Waals surface area contributed by atoms with E-state index in [-0.39, 0.29) is 0 Å². The number of hydrogen-bond donors (Lipinski definition) is 0. The van der Waals surface area contributed by atoms with Crippen molar-refractivity contribution in [3.63, 3.8) is 0 Å². The molecule has 2 nitrogen and oxygen atoms in total. The van der Waals surface area contributed by atoms with Gasteiger partial charge >= 0.3 is 0 Å². The smallest absolute Gasteiger partial charge is 0.188 e. The second-order valence-electron chi connectivity index (χ2n) is 5.27. The molecule has 0 aromatic rings. The maximum absolute atomic E-state index is 5.73. The molecule has 0 amide bonds. The molecule has 0 aliphatic heterocycles. The Kier molecular flexibility index (Phi) is 3.69. The Labute approximate surface area is 104 Å². The van der Waals surface area contributed by atoms with E-state index in [0.29, 0.717) is 6.79 Å². The molecular weight excluding hydrogens is 228 g/mol.